The SMILES string of the molecule is Cc1ccc(NC(=O)c2c(N)n(/N=C\c3cccc(C)c3)c3nc4ccccc4nc23)cc1. The van der Waals surface area contributed by atoms with Crippen LogP contribution in [0.2, 0.25) is 0 Å². The van der Waals surface area contributed by atoms with E-state index in [1.165, 1.54) is 4.68 Å². The number of nitrogens with two attached hydrogens (primary N) is 1. The van der Waals surface area contributed by atoms with Crippen molar-refractivity contribution in [1.82, 2.24) is 14.6 Å². The monoisotopic (exact) mass is 434 g/mol. The van der Waals surface area contributed by atoms with Crippen LogP contribution in [0.15, 0.2) is 77.9 Å². The molecule has 0 unspecified atom stereocenters. The highest BCUT2D eigenvalue weighted by atomic mass is 16.1. The predicted octanol–water partition coefficient (Wildman–Crippen LogP) is 4.92. The van der Waals surface area contributed by atoms with Crippen molar-refractivity contribution in [1.29, 1.82) is 0 Å². The number of amides is 1. The highest BCUT2D eigenvalue weighted by Gasteiger charge is 2.24. The molecule has 0 atom stereocenters. The van der Waals surface area contributed by atoms with Gasteiger partial charge in [0.1, 0.15) is 16.9 Å². The van der Waals surface area contributed by atoms with Gasteiger partial charge in [-0.1, -0.05) is 59.7 Å². The molecule has 0 radical (unpaired) electrons. The number of carbonyl (C=O) groups is 1. The summed E-state index contributed by atoms with van der Waals surface area (Å²) < 4.78 is 1.47. The van der Waals surface area contributed by atoms with E-state index in [1.807, 2.05) is 86.6 Å². The number of carbonyl (C=O) groups excluding carboxylic acids is 1. The molecule has 0 spiro atoms. The quantitative estimate of drug-likeness (QED) is 0.392. The fourth-order valence-corrected chi connectivity index (χ4v) is 3.69. The maximum Gasteiger partial charge on any atom is 0.261 e. The van der Waals surface area contributed by atoms with Crippen LogP contribution in [0.5, 0.6) is 0 Å². The Morgan fingerprint density at radius 3 is 2.39 bits per heavy atom. The molecule has 33 heavy (non-hydrogen) atoms. The first-order chi connectivity index (χ1) is 16.0. The molecule has 3 N–H and O–H groups in total. The van der Waals surface area contributed by atoms with E-state index in [9.17, 15) is 4.79 Å². The summed E-state index contributed by atoms with van der Waals surface area (Å²) in [6, 6.07) is 23.0. The van der Waals surface area contributed by atoms with E-state index >= 15 is 0 Å². The summed E-state index contributed by atoms with van der Waals surface area (Å²) in [6.45, 7) is 4.01. The van der Waals surface area contributed by atoms with Gasteiger partial charge in [0, 0.05) is 5.69 Å². The fourth-order valence-electron chi connectivity index (χ4n) is 3.69. The van der Waals surface area contributed by atoms with Gasteiger partial charge in [-0.3, -0.25) is 4.79 Å². The standard InChI is InChI=1S/C26H22N6O/c1-16-10-12-19(13-11-16)29-26(33)22-23-25(31-21-9-4-3-8-20(21)30-23)32(24(22)27)28-15-18-7-5-6-17(2)14-18/h3-15H,27H2,1-2H3,(H,29,33)/b28-15-. The van der Waals surface area contributed by atoms with Crippen LogP contribution < -0.4 is 11.1 Å². The van der Waals surface area contributed by atoms with Crippen molar-refractivity contribution in [2.45, 2.75) is 13.8 Å². The molecule has 5 aromatic rings. The summed E-state index contributed by atoms with van der Waals surface area (Å²) in [5.41, 5.74) is 12.7. The lowest BCUT2D eigenvalue weighted by atomic mass is 10.2. The molecule has 0 bridgehead atoms. The van der Waals surface area contributed by atoms with Crippen LogP contribution in [0.3, 0.4) is 0 Å². The molecule has 162 valence electrons. The van der Waals surface area contributed by atoms with Crippen LogP contribution in [0.1, 0.15) is 27.0 Å². The Hall–Kier alpha value is -4.52. The molecule has 7 nitrogen and oxygen atoms in total. The number of rotatable bonds is 4. The molecule has 1 amide bonds. The third-order valence-corrected chi connectivity index (χ3v) is 5.37. The molecular formula is C26H22N6O. The molecule has 2 aromatic heterocycles. The smallest absolute Gasteiger partial charge is 0.261 e. The van der Waals surface area contributed by atoms with Gasteiger partial charge in [-0.05, 0) is 43.7 Å². The molecule has 0 fully saturated rings. The summed E-state index contributed by atoms with van der Waals surface area (Å²) in [7, 11) is 0. The second kappa shape index (κ2) is 8.20. The number of nitrogens with zero attached hydrogens (tertiary/aromatic N) is 4. The Balaban J connectivity index is 1.66. The minimum atomic E-state index is -0.365. The summed E-state index contributed by atoms with van der Waals surface area (Å²) in [5.74, 6) is -0.190. The lowest BCUT2D eigenvalue weighted by Gasteiger charge is -2.06. The topological polar surface area (TPSA) is 98.2 Å². The van der Waals surface area contributed by atoms with E-state index < -0.39 is 0 Å². The summed E-state index contributed by atoms with van der Waals surface area (Å²) >= 11 is 0. The van der Waals surface area contributed by atoms with E-state index in [-0.39, 0.29) is 17.3 Å². The minimum Gasteiger partial charge on any atom is -0.383 e. The van der Waals surface area contributed by atoms with Gasteiger partial charge in [0.2, 0.25) is 0 Å². The maximum atomic E-state index is 13.3. The Morgan fingerprint density at radius 1 is 0.939 bits per heavy atom. The number of aryl methyl sites for hydroxylation is 2. The Kier molecular flexibility index (Phi) is 5.06. The predicted molar refractivity (Wildman–Crippen MR) is 133 cm³/mol. The van der Waals surface area contributed by atoms with Crippen LogP contribution in [0.25, 0.3) is 22.2 Å². The maximum absolute atomic E-state index is 13.3. The molecule has 7 heteroatoms. The number of para-hydroxylation sites is 2. The highest BCUT2D eigenvalue weighted by molar-refractivity contribution is 6.16. The van der Waals surface area contributed by atoms with Gasteiger partial charge >= 0.3 is 0 Å². The molecule has 0 saturated heterocycles. The van der Waals surface area contributed by atoms with E-state index in [0.717, 1.165) is 16.7 Å². The zero-order chi connectivity index (χ0) is 22.9. The summed E-state index contributed by atoms with van der Waals surface area (Å²) in [4.78, 5) is 22.7. The summed E-state index contributed by atoms with van der Waals surface area (Å²) in [6.07, 6.45) is 1.70. The van der Waals surface area contributed by atoms with E-state index in [0.29, 0.717) is 27.9 Å². The van der Waals surface area contributed by atoms with Crippen LogP contribution in [-0.4, -0.2) is 26.8 Å². The van der Waals surface area contributed by atoms with Gasteiger partial charge in [-0.25, -0.2) is 9.97 Å². The van der Waals surface area contributed by atoms with Gasteiger partial charge in [0.15, 0.2) is 5.65 Å². The molecule has 0 aliphatic heterocycles. The second-order valence-corrected chi connectivity index (χ2v) is 7.94. The number of fused-ring (bicyclic) bond motifs is 2. The van der Waals surface area contributed by atoms with Crippen molar-refractivity contribution >= 4 is 45.8 Å². The molecule has 2 heterocycles. The van der Waals surface area contributed by atoms with Crippen LogP contribution in [0.4, 0.5) is 11.5 Å². The number of nitrogen functional groups attached to an aromatic ring is 1. The second-order valence-electron chi connectivity index (χ2n) is 7.94. The lowest BCUT2D eigenvalue weighted by Crippen LogP contribution is -2.14. The van der Waals surface area contributed by atoms with Gasteiger partial charge < -0.3 is 11.1 Å². The Labute approximate surface area is 190 Å². The fraction of sp³-hybridized carbons (Fsp3) is 0.0769. The van der Waals surface area contributed by atoms with Gasteiger partial charge in [0.25, 0.3) is 5.91 Å². The van der Waals surface area contributed by atoms with Crippen LogP contribution >= 0.6 is 0 Å². The zero-order valence-corrected chi connectivity index (χ0v) is 18.3. The number of anilines is 2. The van der Waals surface area contributed by atoms with Gasteiger partial charge in [-0.2, -0.15) is 9.78 Å². The number of hydrogen-bond donors (Lipinski definition) is 2. The number of nitrogens with one attached hydrogen (secondary N) is 1. The van der Waals surface area contributed by atoms with Crippen molar-refractivity contribution < 1.29 is 4.79 Å². The lowest BCUT2D eigenvalue weighted by molar-refractivity contribution is 0.102. The number of aromatic nitrogens is 3. The van der Waals surface area contributed by atoms with Crippen LogP contribution in [0, 0.1) is 13.8 Å². The molecule has 0 aliphatic carbocycles. The van der Waals surface area contributed by atoms with Crippen molar-refractivity contribution in [3.8, 4) is 0 Å². The van der Waals surface area contributed by atoms with Crippen molar-refractivity contribution in [2.24, 2.45) is 5.10 Å². The van der Waals surface area contributed by atoms with Crippen LogP contribution in [-0.2, 0) is 0 Å². The van der Waals surface area contributed by atoms with Crippen molar-refractivity contribution in [3.63, 3.8) is 0 Å². The number of hydrogen-bond acceptors (Lipinski definition) is 5. The van der Waals surface area contributed by atoms with Gasteiger partial charge in [0.05, 0.1) is 17.2 Å². The molecule has 0 saturated carbocycles. The van der Waals surface area contributed by atoms with E-state index in [4.69, 9.17) is 15.7 Å². The van der Waals surface area contributed by atoms with Gasteiger partial charge in [-0.15, -0.1) is 0 Å². The first-order valence-electron chi connectivity index (χ1n) is 10.6. The average Bonchev–Trinajstić information content (AvgIpc) is 3.08. The van der Waals surface area contributed by atoms with Crippen molar-refractivity contribution in [2.75, 3.05) is 11.1 Å². The first kappa shape index (κ1) is 20.4. The third-order valence-electron chi connectivity index (χ3n) is 5.37. The minimum absolute atomic E-state index is 0.175. The van der Waals surface area contributed by atoms with Crippen molar-refractivity contribution in [3.05, 3.63) is 95.1 Å². The number of benzene rings is 3. The first-order valence-corrected chi connectivity index (χ1v) is 10.6. The normalized spacial score (nSPS) is 11.5. The molecule has 3 aromatic carbocycles. The van der Waals surface area contributed by atoms with E-state index in [1.54, 1.807) is 6.21 Å². The zero-order valence-electron chi connectivity index (χ0n) is 18.3. The summed E-state index contributed by atoms with van der Waals surface area (Å²) in [5, 5.41) is 7.47. The Morgan fingerprint density at radius 2 is 1.67 bits per heavy atom. The largest absolute Gasteiger partial charge is 0.383 e. The molecule has 0 aliphatic rings. The van der Waals surface area contributed by atoms with E-state index in [2.05, 4.69) is 10.4 Å². The average molecular weight is 435 g/mol. The molecule has 5 rings (SSSR count). The Bertz CT molecular complexity index is 1530. The highest BCUT2D eigenvalue weighted by Crippen LogP contribution is 2.28. The third kappa shape index (κ3) is 3.92. The molecular weight excluding hydrogens is 412 g/mol.